The number of aliphatic hydroxyl groups is 1. The largest absolute Gasteiger partial charge is 0.527 e. The quantitative estimate of drug-likeness (QED) is 0.351. The molecule has 0 bridgehead atoms. The molecule has 1 aromatic heterocycles. The van der Waals surface area contributed by atoms with Gasteiger partial charge in [0.1, 0.15) is 11.7 Å². The summed E-state index contributed by atoms with van der Waals surface area (Å²) in [4.78, 5) is 65.8. The van der Waals surface area contributed by atoms with Crippen LogP contribution < -0.4 is 5.32 Å². The van der Waals surface area contributed by atoms with Gasteiger partial charge in [0.15, 0.2) is 5.82 Å². The predicted octanol–water partition coefficient (Wildman–Crippen LogP) is 2.36. The summed E-state index contributed by atoms with van der Waals surface area (Å²) in [5.41, 5.74) is 1.49. The van der Waals surface area contributed by atoms with Crippen molar-refractivity contribution < 1.29 is 39.0 Å². The van der Waals surface area contributed by atoms with Gasteiger partial charge in [-0.05, 0) is 45.1 Å². The van der Waals surface area contributed by atoms with E-state index in [9.17, 15) is 29.4 Å². The number of hydrogen-bond donors (Lipinski definition) is 3. The Bertz CT molecular complexity index is 1240. The Balaban J connectivity index is 1.51. The van der Waals surface area contributed by atoms with Crippen LogP contribution in [0.4, 0.5) is 4.79 Å². The molecule has 42 heavy (non-hydrogen) atoms. The van der Waals surface area contributed by atoms with Gasteiger partial charge in [0.25, 0.3) is 5.91 Å². The maximum Gasteiger partial charge on any atom is 0.527 e. The van der Waals surface area contributed by atoms with Crippen LogP contribution in [0.1, 0.15) is 67.5 Å². The number of aromatic nitrogens is 2. The van der Waals surface area contributed by atoms with E-state index in [-0.39, 0.29) is 63.3 Å². The number of carbonyl (C=O) groups is 4. The Morgan fingerprint density at radius 3 is 2.36 bits per heavy atom. The van der Waals surface area contributed by atoms with Gasteiger partial charge in [0.05, 0.1) is 25.8 Å². The molecule has 1 atom stereocenters. The van der Waals surface area contributed by atoms with Gasteiger partial charge in [-0.3, -0.25) is 14.4 Å². The molecule has 1 saturated carbocycles. The van der Waals surface area contributed by atoms with Crippen LogP contribution >= 0.6 is 0 Å². The van der Waals surface area contributed by atoms with E-state index in [2.05, 4.69) is 10.3 Å². The second kappa shape index (κ2) is 14.7. The van der Waals surface area contributed by atoms with Crippen LogP contribution in [0.2, 0.25) is 0 Å². The summed E-state index contributed by atoms with van der Waals surface area (Å²) >= 11 is 0. The second-order valence-corrected chi connectivity index (χ2v) is 10.4. The number of aliphatic hydroxyl groups excluding tert-OH is 1. The summed E-state index contributed by atoms with van der Waals surface area (Å²) < 4.78 is 4.78. The molecule has 0 spiro atoms. The fourth-order valence-corrected chi connectivity index (χ4v) is 5.11. The molecule has 1 aliphatic carbocycles. The number of hydrogen-bond acceptors (Lipinski definition) is 10. The predicted molar refractivity (Wildman–Crippen MR) is 149 cm³/mol. The van der Waals surface area contributed by atoms with Crippen molar-refractivity contribution in [3.63, 3.8) is 0 Å². The minimum Gasteiger partial charge on any atom is -0.481 e. The Hall–Kier alpha value is -4.10. The molecular weight excluding hydrogens is 546 g/mol. The molecule has 1 aromatic carbocycles. The lowest BCUT2D eigenvalue weighted by Crippen LogP contribution is -2.55. The fourth-order valence-electron chi connectivity index (χ4n) is 5.11. The van der Waals surface area contributed by atoms with Crippen LogP contribution in [0.3, 0.4) is 0 Å². The van der Waals surface area contributed by atoms with E-state index >= 15 is 0 Å². The van der Waals surface area contributed by atoms with Gasteiger partial charge in [-0.2, -0.15) is 0 Å². The number of carboxylic acid groups (broad SMARTS) is 1. The highest BCUT2D eigenvalue weighted by Crippen LogP contribution is 2.33. The molecule has 0 unspecified atom stereocenters. The molecular formula is C29H37N5O8. The first kappa shape index (κ1) is 30.8. The monoisotopic (exact) mass is 583 g/mol. The van der Waals surface area contributed by atoms with Crippen molar-refractivity contribution >= 4 is 23.9 Å². The Kier molecular flexibility index (Phi) is 10.8. The molecule has 0 radical (unpaired) electrons. The average Bonchev–Trinajstić information content (AvgIpc) is 2.99. The summed E-state index contributed by atoms with van der Waals surface area (Å²) in [6.07, 6.45) is 1.12. The number of carbonyl (C=O) groups excluding carboxylic acids is 3. The number of carboxylic acids is 1. The minimum atomic E-state index is -1.10. The maximum atomic E-state index is 13.6. The van der Waals surface area contributed by atoms with Crippen molar-refractivity contribution in [3.05, 3.63) is 47.8 Å². The van der Waals surface area contributed by atoms with Crippen LogP contribution in [0.25, 0.3) is 11.4 Å². The van der Waals surface area contributed by atoms with E-state index in [0.29, 0.717) is 24.4 Å². The molecule has 1 aliphatic heterocycles. The van der Waals surface area contributed by atoms with Gasteiger partial charge >= 0.3 is 12.1 Å². The lowest BCUT2D eigenvalue weighted by Gasteiger charge is -2.35. The number of rotatable bonds is 10. The van der Waals surface area contributed by atoms with Crippen LogP contribution in [-0.4, -0.2) is 99.0 Å². The van der Waals surface area contributed by atoms with E-state index in [1.54, 1.807) is 13.0 Å². The first-order valence-electron chi connectivity index (χ1n) is 14.3. The van der Waals surface area contributed by atoms with Crippen molar-refractivity contribution in [2.45, 2.75) is 63.5 Å². The van der Waals surface area contributed by atoms with Gasteiger partial charge in [-0.1, -0.05) is 30.3 Å². The Morgan fingerprint density at radius 1 is 1.02 bits per heavy atom. The normalized spacial score (nSPS) is 19.9. The number of piperazine rings is 1. The molecule has 1 saturated heterocycles. The SMILES string of the molecule is CCOC(=O)ON1CCN(C(=O)[C@H](CCC(=O)O)NC(=O)c2cc(C3CCC(O)CC3)nc(-c3ccccc3)n2)CC1. The van der Waals surface area contributed by atoms with Crippen molar-refractivity contribution in [1.82, 2.24) is 25.2 Å². The summed E-state index contributed by atoms with van der Waals surface area (Å²) in [5.74, 6) is -1.72. The second-order valence-electron chi connectivity index (χ2n) is 10.4. The molecule has 13 heteroatoms. The smallest absolute Gasteiger partial charge is 0.481 e. The van der Waals surface area contributed by atoms with Gasteiger partial charge in [0, 0.05) is 36.7 Å². The van der Waals surface area contributed by atoms with Crippen LogP contribution in [0, 0.1) is 0 Å². The van der Waals surface area contributed by atoms with Crippen molar-refractivity contribution in [2.24, 2.45) is 0 Å². The topological polar surface area (TPSA) is 171 Å². The summed E-state index contributed by atoms with van der Waals surface area (Å²) in [7, 11) is 0. The summed E-state index contributed by atoms with van der Waals surface area (Å²) in [5, 5.41) is 23.4. The summed E-state index contributed by atoms with van der Waals surface area (Å²) in [6.45, 7) is 2.72. The molecule has 226 valence electrons. The van der Waals surface area contributed by atoms with E-state index in [4.69, 9.17) is 14.6 Å². The van der Waals surface area contributed by atoms with Crippen molar-refractivity contribution in [1.29, 1.82) is 0 Å². The number of hydroxylamine groups is 2. The van der Waals surface area contributed by atoms with Crippen molar-refractivity contribution in [3.8, 4) is 11.4 Å². The lowest BCUT2D eigenvalue weighted by atomic mass is 9.85. The number of benzene rings is 1. The standard InChI is InChI=1S/C29H37N5O8/c1-2-41-29(40)42-34-16-14-33(15-17-34)28(39)22(12-13-25(36)37)32-27(38)24-18-23(19-8-10-21(35)11-9-19)30-26(31-24)20-6-4-3-5-7-20/h3-7,18-19,21-22,35H,2,8-17H2,1H3,(H,32,38)(H,36,37)/t19?,21?,22-/m0/s1. The van der Waals surface area contributed by atoms with E-state index in [1.165, 1.54) is 9.96 Å². The van der Waals surface area contributed by atoms with E-state index in [1.807, 2.05) is 30.3 Å². The Labute approximate surface area is 243 Å². The highest BCUT2D eigenvalue weighted by atomic mass is 16.8. The Morgan fingerprint density at radius 2 is 1.71 bits per heavy atom. The van der Waals surface area contributed by atoms with Gasteiger partial charge < -0.3 is 30.0 Å². The molecule has 2 aromatic rings. The molecule has 2 heterocycles. The number of aliphatic carboxylic acids is 1. The number of nitrogens with one attached hydrogen (secondary N) is 1. The highest BCUT2D eigenvalue weighted by Gasteiger charge is 2.31. The zero-order valence-corrected chi connectivity index (χ0v) is 23.6. The molecule has 4 rings (SSSR count). The van der Waals surface area contributed by atoms with Gasteiger partial charge in [-0.15, -0.1) is 5.06 Å². The zero-order valence-electron chi connectivity index (χ0n) is 23.6. The number of ether oxygens (including phenoxy) is 1. The first-order chi connectivity index (χ1) is 20.2. The number of nitrogens with zero attached hydrogens (tertiary/aromatic N) is 4. The highest BCUT2D eigenvalue weighted by molar-refractivity contribution is 5.96. The molecule has 2 aliphatic rings. The summed E-state index contributed by atoms with van der Waals surface area (Å²) in [6, 6.07) is 9.76. The van der Waals surface area contributed by atoms with Crippen molar-refractivity contribution in [2.75, 3.05) is 32.8 Å². The molecule has 2 amide bonds. The van der Waals surface area contributed by atoms with Crippen LogP contribution in [-0.2, 0) is 19.2 Å². The third kappa shape index (κ3) is 8.46. The third-order valence-corrected chi connectivity index (χ3v) is 7.39. The van der Waals surface area contributed by atoms with Gasteiger partial charge in [0.2, 0.25) is 5.91 Å². The van der Waals surface area contributed by atoms with Gasteiger partial charge in [-0.25, -0.2) is 14.8 Å². The minimum absolute atomic E-state index is 0.0444. The van der Waals surface area contributed by atoms with Crippen LogP contribution in [0.5, 0.6) is 0 Å². The van der Waals surface area contributed by atoms with E-state index < -0.39 is 30.0 Å². The van der Waals surface area contributed by atoms with Crippen LogP contribution in [0.15, 0.2) is 36.4 Å². The first-order valence-corrected chi connectivity index (χ1v) is 14.3. The number of amides is 2. The maximum absolute atomic E-state index is 13.6. The molecule has 13 nitrogen and oxygen atoms in total. The lowest BCUT2D eigenvalue weighted by molar-refractivity contribution is -0.157. The molecule has 3 N–H and O–H groups in total. The zero-order chi connectivity index (χ0) is 30.1. The molecule has 2 fully saturated rings. The average molecular weight is 584 g/mol. The van der Waals surface area contributed by atoms with E-state index in [0.717, 1.165) is 18.4 Å². The fraction of sp³-hybridized carbons (Fsp3) is 0.517. The third-order valence-electron chi connectivity index (χ3n) is 7.39.